The lowest BCUT2D eigenvalue weighted by Crippen LogP contribution is -2.42. The summed E-state index contributed by atoms with van der Waals surface area (Å²) in [5.74, 6) is 1.53. The number of β-amino-alcohol motifs (C(OH)–C–C–N with tert-alkyl or cyclic N) is 1. The van der Waals surface area contributed by atoms with Crippen molar-refractivity contribution in [3.8, 4) is 11.5 Å². The third-order valence-electron chi connectivity index (χ3n) is 5.64. The standard InChI is InChI=1S/C22H21NO5/c24-18-11-23(10-15-12-26-19-4-2-1-3-17(19)22(15)25)8-7-16(18)14-5-6-20-21(9-14)28-13-27-20/h1-6,9,12,16,18,24H,7-8,10-11,13H2/t16-,18+/m0/s1. The number of aliphatic hydroxyl groups excluding tert-OH is 1. The monoisotopic (exact) mass is 379 g/mol. The molecule has 0 radical (unpaired) electrons. The lowest BCUT2D eigenvalue weighted by Gasteiger charge is -2.36. The first-order valence-electron chi connectivity index (χ1n) is 9.48. The highest BCUT2D eigenvalue weighted by Crippen LogP contribution is 2.37. The summed E-state index contributed by atoms with van der Waals surface area (Å²) in [6.07, 6.45) is 1.84. The van der Waals surface area contributed by atoms with E-state index in [0.717, 1.165) is 30.0 Å². The van der Waals surface area contributed by atoms with Crippen LogP contribution in [0.1, 0.15) is 23.5 Å². The van der Waals surface area contributed by atoms with Crippen molar-refractivity contribution in [1.29, 1.82) is 0 Å². The molecule has 0 bridgehead atoms. The molecule has 0 saturated carbocycles. The topological polar surface area (TPSA) is 72.1 Å². The summed E-state index contributed by atoms with van der Waals surface area (Å²) in [6.45, 7) is 2.01. The van der Waals surface area contributed by atoms with Gasteiger partial charge in [0, 0.05) is 24.6 Å². The zero-order chi connectivity index (χ0) is 19.1. The Morgan fingerprint density at radius 3 is 2.86 bits per heavy atom. The maximum absolute atomic E-state index is 12.7. The van der Waals surface area contributed by atoms with Crippen molar-refractivity contribution in [3.05, 3.63) is 70.1 Å². The second kappa shape index (κ2) is 6.96. The van der Waals surface area contributed by atoms with E-state index in [9.17, 15) is 9.90 Å². The molecule has 6 nitrogen and oxygen atoms in total. The Hall–Kier alpha value is -2.83. The van der Waals surface area contributed by atoms with Gasteiger partial charge in [-0.25, -0.2) is 0 Å². The molecule has 1 saturated heterocycles. The minimum Gasteiger partial charge on any atom is -0.464 e. The Kier molecular flexibility index (Phi) is 4.30. The molecule has 1 N–H and O–H groups in total. The number of ether oxygens (including phenoxy) is 2. The van der Waals surface area contributed by atoms with E-state index < -0.39 is 6.10 Å². The summed E-state index contributed by atoms with van der Waals surface area (Å²) in [7, 11) is 0. The smallest absolute Gasteiger partial charge is 0.231 e. The molecule has 2 atom stereocenters. The van der Waals surface area contributed by atoms with Crippen LogP contribution in [0.25, 0.3) is 11.0 Å². The van der Waals surface area contributed by atoms with Crippen LogP contribution in [0.15, 0.2) is 57.9 Å². The SMILES string of the molecule is O=c1c(CN2CC[C@@H](c3ccc4c(c3)OCO4)[C@H](O)C2)coc2ccccc12. The molecule has 144 valence electrons. The van der Waals surface area contributed by atoms with Crippen LogP contribution >= 0.6 is 0 Å². The van der Waals surface area contributed by atoms with Crippen molar-refractivity contribution in [2.75, 3.05) is 19.9 Å². The molecule has 0 unspecified atom stereocenters. The zero-order valence-corrected chi connectivity index (χ0v) is 15.3. The van der Waals surface area contributed by atoms with Crippen molar-refractivity contribution >= 4 is 11.0 Å². The molecule has 0 amide bonds. The number of fused-ring (bicyclic) bond motifs is 2. The number of piperidine rings is 1. The Balaban J connectivity index is 1.31. The summed E-state index contributed by atoms with van der Waals surface area (Å²) in [4.78, 5) is 14.8. The summed E-state index contributed by atoms with van der Waals surface area (Å²) in [6, 6.07) is 13.1. The van der Waals surface area contributed by atoms with Crippen LogP contribution in [0.4, 0.5) is 0 Å². The number of benzene rings is 2. The molecule has 5 rings (SSSR count). The molecule has 1 fully saturated rings. The molecule has 2 aliphatic heterocycles. The zero-order valence-electron chi connectivity index (χ0n) is 15.3. The van der Waals surface area contributed by atoms with Gasteiger partial charge in [0.15, 0.2) is 16.9 Å². The maximum Gasteiger partial charge on any atom is 0.231 e. The van der Waals surface area contributed by atoms with Crippen LogP contribution in [0.2, 0.25) is 0 Å². The molecule has 6 heteroatoms. The first-order chi connectivity index (χ1) is 13.7. The molecule has 0 aliphatic carbocycles. The summed E-state index contributed by atoms with van der Waals surface area (Å²) in [5.41, 5.74) is 2.26. The van der Waals surface area contributed by atoms with Gasteiger partial charge in [-0.1, -0.05) is 18.2 Å². The average molecular weight is 379 g/mol. The second-order valence-electron chi connectivity index (χ2n) is 7.40. The van der Waals surface area contributed by atoms with Gasteiger partial charge in [-0.3, -0.25) is 9.69 Å². The fraction of sp³-hybridized carbons (Fsp3) is 0.318. The van der Waals surface area contributed by atoms with E-state index in [1.54, 1.807) is 18.4 Å². The highest BCUT2D eigenvalue weighted by atomic mass is 16.7. The van der Waals surface area contributed by atoms with Gasteiger partial charge in [-0.05, 0) is 42.8 Å². The summed E-state index contributed by atoms with van der Waals surface area (Å²) < 4.78 is 16.4. The Morgan fingerprint density at radius 2 is 1.96 bits per heavy atom. The van der Waals surface area contributed by atoms with E-state index in [-0.39, 0.29) is 18.1 Å². The number of nitrogens with zero attached hydrogens (tertiary/aromatic N) is 1. The minimum absolute atomic E-state index is 0.00534. The molecule has 2 aromatic carbocycles. The van der Waals surface area contributed by atoms with E-state index in [1.165, 1.54) is 0 Å². The molecular weight excluding hydrogens is 358 g/mol. The van der Waals surface area contributed by atoms with Gasteiger partial charge >= 0.3 is 0 Å². The van der Waals surface area contributed by atoms with Gasteiger partial charge in [0.1, 0.15) is 5.58 Å². The molecule has 3 aromatic rings. The lowest BCUT2D eigenvalue weighted by molar-refractivity contribution is 0.0473. The van der Waals surface area contributed by atoms with Crippen LogP contribution < -0.4 is 14.9 Å². The van der Waals surface area contributed by atoms with E-state index in [1.807, 2.05) is 30.3 Å². The van der Waals surface area contributed by atoms with Crippen LogP contribution in [-0.4, -0.2) is 36.0 Å². The van der Waals surface area contributed by atoms with E-state index >= 15 is 0 Å². The lowest BCUT2D eigenvalue weighted by atomic mass is 9.86. The van der Waals surface area contributed by atoms with Crippen molar-refractivity contribution in [1.82, 2.24) is 4.90 Å². The minimum atomic E-state index is -0.512. The molecule has 28 heavy (non-hydrogen) atoms. The number of para-hydroxylation sites is 1. The van der Waals surface area contributed by atoms with Crippen molar-refractivity contribution in [3.63, 3.8) is 0 Å². The Labute approximate surface area is 161 Å². The molecule has 3 heterocycles. The number of hydrogen-bond donors (Lipinski definition) is 1. The Morgan fingerprint density at radius 1 is 1.11 bits per heavy atom. The van der Waals surface area contributed by atoms with E-state index in [0.29, 0.717) is 29.6 Å². The largest absolute Gasteiger partial charge is 0.464 e. The first kappa shape index (κ1) is 17.3. The molecule has 2 aliphatic rings. The van der Waals surface area contributed by atoms with Crippen LogP contribution in [-0.2, 0) is 6.54 Å². The first-order valence-corrected chi connectivity index (χ1v) is 9.48. The molecular formula is C22H21NO5. The quantitative estimate of drug-likeness (QED) is 0.755. The molecule has 0 spiro atoms. The van der Waals surface area contributed by atoms with Gasteiger partial charge in [0.05, 0.1) is 17.8 Å². The third kappa shape index (κ3) is 3.04. The second-order valence-corrected chi connectivity index (χ2v) is 7.40. The predicted octanol–water partition coefficient (Wildman–Crippen LogP) is 2.87. The number of likely N-dealkylation sites (tertiary alicyclic amines) is 1. The highest BCUT2D eigenvalue weighted by molar-refractivity contribution is 5.76. The van der Waals surface area contributed by atoms with Gasteiger partial charge < -0.3 is 19.0 Å². The fourth-order valence-corrected chi connectivity index (χ4v) is 4.14. The van der Waals surface area contributed by atoms with Gasteiger partial charge in [0.25, 0.3) is 0 Å². The highest BCUT2D eigenvalue weighted by Gasteiger charge is 2.30. The van der Waals surface area contributed by atoms with Crippen LogP contribution in [0, 0.1) is 0 Å². The van der Waals surface area contributed by atoms with Gasteiger partial charge in [-0.2, -0.15) is 0 Å². The van der Waals surface area contributed by atoms with Crippen molar-refractivity contribution < 1.29 is 19.0 Å². The summed E-state index contributed by atoms with van der Waals surface area (Å²) in [5, 5.41) is 11.3. The predicted molar refractivity (Wildman–Crippen MR) is 104 cm³/mol. The number of aliphatic hydroxyl groups is 1. The number of rotatable bonds is 3. The molecule has 1 aromatic heterocycles. The van der Waals surface area contributed by atoms with Crippen molar-refractivity contribution in [2.45, 2.75) is 25.0 Å². The normalized spacial score (nSPS) is 21.9. The van der Waals surface area contributed by atoms with Gasteiger partial charge in [-0.15, -0.1) is 0 Å². The average Bonchev–Trinajstić information content (AvgIpc) is 3.18. The Bertz CT molecular complexity index is 1080. The van der Waals surface area contributed by atoms with E-state index in [4.69, 9.17) is 13.9 Å². The van der Waals surface area contributed by atoms with E-state index in [2.05, 4.69) is 4.90 Å². The van der Waals surface area contributed by atoms with Gasteiger partial charge in [0.2, 0.25) is 6.79 Å². The summed E-state index contributed by atoms with van der Waals surface area (Å²) >= 11 is 0. The van der Waals surface area contributed by atoms with Crippen LogP contribution in [0.5, 0.6) is 11.5 Å². The number of hydrogen-bond acceptors (Lipinski definition) is 6. The fourth-order valence-electron chi connectivity index (χ4n) is 4.14. The third-order valence-corrected chi connectivity index (χ3v) is 5.64. The van der Waals surface area contributed by atoms with Crippen LogP contribution in [0.3, 0.4) is 0 Å². The maximum atomic E-state index is 12.7. The van der Waals surface area contributed by atoms with Crippen molar-refractivity contribution in [2.24, 2.45) is 0 Å².